The van der Waals surface area contributed by atoms with Gasteiger partial charge in [0.15, 0.2) is 5.82 Å². The van der Waals surface area contributed by atoms with Gasteiger partial charge in [0.05, 0.1) is 21.6 Å². The molecule has 102 valence electrons. The molecule has 2 aromatic heterocycles. The smallest absolute Gasteiger partial charge is 0.337 e. The third-order valence-corrected chi connectivity index (χ3v) is 3.00. The van der Waals surface area contributed by atoms with Crippen molar-refractivity contribution in [2.75, 3.05) is 0 Å². The molecule has 7 heteroatoms. The average molecular weight is 298 g/mol. The van der Waals surface area contributed by atoms with Crippen LogP contribution in [0.15, 0.2) is 36.5 Å². The fourth-order valence-corrected chi connectivity index (χ4v) is 1.93. The fraction of sp³-hybridized carbons (Fsp3) is 0.0769. The van der Waals surface area contributed by atoms with Crippen LogP contribution in [0, 0.1) is 0 Å². The summed E-state index contributed by atoms with van der Waals surface area (Å²) in [6, 6.07) is 6.64. The van der Waals surface area contributed by atoms with E-state index in [2.05, 4.69) is 15.0 Å². The van der Waals surface area contributed by atoms with Crippen molar-refractivity contribution in [2.24, 2.45) is 0 Å². The van der Waals surface area contributed by atoms with Gasteiger partial charge >= 0.3 is 6.18 Å². The number of benzene rings is 1. The Morgan fingerprint density at radius 1 is 1.10 bits per heavy atom. The Labute approximate surface area is 116 Å². The lowest BCUT2D eigenvalue weighted by molar-refractivity contribution is -0.137. The van der Waals surface area contributed by atoms with Crippen LogP contribution in [0.25, 0.3) is 22.6 Å². The number of imidazole rings is 1. The van der Waals surface area contributed by atoms with Crippen molar-refractivity contribution in [2.45, 2.75) is 6.18 Å². The Balaban J connectivity index is 2.09. The van der Waals surface area contributed by atoms with Gasteiger partial charge in [0.2, 0.25) is 0 Å². The van der Waals surface area contributed by atoms with Gasteiger partial charge in [-0.2, -0.15) is 13.2 Å². The molecular weight excluding hydrogens is 291 g/mol. The summed E-state index contributed by atoms with van der Waals surface area (Å²) in [7, 11) is 0. The van der Waals surface area contributed by atoms with Gasteiger partial charge in [-0.1, -0.05) is 11.6 Å². The lowest BCUT2D eigenvalue weighted by Crippen LogP contribution is -2.04. The molecule has 0 spiro atoms. The molecule has 0 atom stereocenters. The van der Waals surface area contributed by atoms with Crippen LogP contribution in [0.3, 0.4) is 0 Å². The molecule has 0 saturated heterocycles. The van der Waals surface area contributed by atoms with Gasteiger partial charge in [0, 0.05) is 6.20 Å². The van der Waals surface area contributed by atoms with E-state index in [4.69, 9.17) is 11.6 Å². The van der Waals surface area contributed by atoms with E-state index in [0.29, 0.717) is 27.6 Å². The van der Waals surface area contributed by atoms with Gasteiger partial charge < -0.3 is 4.98 Å². The van der Waals surface area contributed by atoms with Crippen molar-refractivity contribution in [1.29, 1.82) is 0 Å². The molecule has 0 unspecified atom stereocenters. The Bertz CT molecular complexity index is 763. The van der Waals surface area contributed by atoms with Crippen LogP contribution in [0.4, 0.5) is 13.2 Å². The zero-order chi connectivity index (χ0) is 14.3. The summed E-state index contributed by atoms with van der Waals surface area (Å²) in [4.78, 5) is 11.1. The number of fused-ring (bicyclic) bond motifs is 1. The molecule has 0 aliphatic carbocycles. The van der Waals surface area contributed by atoms with Crippen LogP contribution < -0.4 is 0 Å². The van der Waals surface area contributed by atoms with Crippen molar-refractivity contribution in [3.8, 4) is 11.5 Å². The van der Waals surface area contributed by atoms with E-state index in [1.807, 2.05) is 0 Å². The van der Waals surface area contributed by atoms with E-state index in [-0.39, 0.29) is 0 Å². The van der Waals surface area contributed by atoms with Crippen molar-refractivity contribution in [3.05, 3.63) is 47.1 Å². The molecule has 3 aromatic rings. The normalized spacial score (nSPS) is 12.0. The standard InChI is InChI=1S/C13H7ClF3N3/c14-8-2-4-10(18-6-8)12-19-9-3-1-7(13(15,16)17)5-11(9)20-12/h1-6H,(H,19,20). The quantitative estimate of drug-likeness (QED) is 0.727. The maximum Gasteiger partial charge on any atom is 0.416 e. The summed E-state index contributed by atoms with van der Waals surface area (Å²) in [6.45, 7) is 0. The number of aromatic amines is 1. The molecule has 3 rings (SSSR count). The van der Waals surface area contributed by atoms with Crippen LogP contribution in [0.5, 0.6) is 0 Å². The van der Waals surface area contributed by atoms with Gasteiger partial charge in [-0.15, -0.1) is 0 Å². The maximum absolute atomic E-state index is 12.6. The number of H-pyrrole nitrogens is 1. The number of nitrogens with zero attached hydrogens (tertiary/aromatic N) is 2. The number of hydrogen-bond donors (Lipinski definition) is 1. The lowest BCUT2D eigenvalue weighted by atomic mass is 10.2. The van der Waals surface area contributed by atoms with E-state index in [9.17, 15) is 13.2 Å². The number of hydrogen-bond acceptors (Lipinski definition) is 2. The van der Waals surface area contributed by atoms with Gasteiger partial charge in [0.1, 0.15) is 5.69 Å². The summed E-state index contributed by atoms with van der Waals surface area (Å²) in [5, 5.41) is 0.476. The predicted molar refractivity (Wildman–Crippen MR) is 69.3 cm³/mol. The highest BCUT2D eigenvalue weighted by Gasteiger charge is 2.30. The molecule has 0 saturated carbocycles. The maximum atomic E-state index is 12.6. The number of rotatable bonds is 1. The highest BCUT2D eigenvalue weighted by atomic mass is 35.5. The molecule has 0 aliphatic rings. The monoisotopic (exact) mass is 297 g/mol. The van der Waals surface area contributed by atoms with E-state index < -0.39 is 11.7 Å². The summed E-state index contributed by atoms with van der Waals surface area (Å²) in [6.07, 6.45) is -2.93. The minimum atomic E-state index is -4.38. The van der Waals surface area contributed by atoms with Crippen LogP contribution in [0.2, 0.25) is 5.02 Å². The highest BCUT2D eigenvalue weighted by Crippen LogP contribution is 2.31. The van der Waals surface area contributed by atoms with Crippen LogP contribution >= 0.6 is 11.6 Å². The topological polar surface area (TPSA) is 41.6 Å². The SMILES string of the molecule is FC(F)(F)c1ccc2nc(-c3ccc(Cl)cn3)[nH]c2c1. The van der Waals surface area contributed by atoms with E-state index in [1.165, 1.54) is 12.3 Å². The molecule has 0 radical (unpaired) electrons. The van der Waals surface area contributed by atoms with E-state index in [0.717, 1.165) is 12.1 Å². The number of halogens is 4. The minimum Gasteiger partial charge on any atom is -0.337 e. The minimum absolute atomic E-state index is 0.312. The fourth-order valence-electron chi connectivity index (χ4n) is 1.82. The van der Waals surface area contributed by atoms with Crippen molar-refractivity contribution in [3.63, 3.8) is 0 Å². The molecule has 0 amide bonds. The molecule has 2 heterocycles. The molecule has 1 N–H and O–H groups in total. The van der Waals surface area contributed by atoms with E-state index in [1.54, 1.807) is 12.1 Å². The lowest BCUT2D eigenvalue weighted by Gasteiger charge is -2.05. The second kappa shape index (κ2) is 4.49. The third kappa shape index (κ3) is 2.34. The molecular formula is C13H7ClF3N3. The number of alkyl halides is 3. The van der Waals surface area contributed by atoms with Gasteiger partial charge in [-0.05, 0) is 30.3 Å². The second-order valence-corrected chi connectivity index (χ2v) is 4.61. The van der Waals surface area contributed by atoms with Crippen molar-refractivity contribution in [1.82, 2.24) is 15.0 Å². The zero-order valence-electron chi connectivity index (χ0n) is 9.87. The Morgan fingerprint density at radius 2 is 1.90 bits per heavy atom. The summed E-state index contributed by atoms with van der Waals surface area (Å²) in [5.41, 5.74) is 0.555. The molecule has 0 aliphatic heterocycles. The van der Waals surface area contributed by atoms with Gasteiger partial charge in [-0.3, -0.25) is 4.98 Å². The summed E-state index contributed by atoms with van der Waals surface area (Å²) < 4.78 is 37.9. The first-order chi connectivity index (χ1) is 9.43. The Kier molecular flexibility index (Phi) is 2.90. The first-order valence-corrected chi connectivity index (χ1v) is 6.00. The predicted octanol–water partition coefficient (Wildman–Crippen LogP) is 4.30. The molecule has 0 bridgehead atoms. The second-order valence-electron chi connectivity index (χ2n) is 4.18. The zero-order valence-corrected chi connectivity index (χ0v) is 10.6. The van der Waals surface area contributed by atoms with Crippen LogP contribution in [0.1, 0.15) is 5.56 Å². The average Bonchev–Trinajstić information content (AvgIpc) is 2.81. The number of pyridine rings is 1. The molecule has 3 nitrogen and oxygen atoms in total. The largest absolute Gasteiger partial charge is 0.416 e. The Morgan fingerprint density at radius 3 is 2.55 bits per heavy atom. The van der Waals surface area contributed by atoms with Crippen LogP contribution in [-0.2, 0) is 6.18 Å². The van der Waals surface area contributed by atoms with Crippen molar-refractivity contribution < 1.29 is 13.2 Å². The van der Waals surface area contributed by atoms with Gasteiger partial charge in [0.25, 0.3) is 0 Å². The third-order valence-electron chi connectivity index (χ3n) is 2.78. The summed E-state index contributed by atoms with van der Waals surface area (Å²) in [5.74, 6) is 0.399. The first-order valence-electron chi connectivity index (χ1n) is 5.62. The van der Waals surface area contributed by atoms with E-state index >= 15 is 0 Å². The van der Waals surface area contributed by atoms with Crippen molar-refractivity contribution >= 4 is 22.6 Å². The number of aromatic nitrogens is 3. The molecule has 20 heavy (non-hydrogen) atoms. The number of nitrogens with one attached hydrogen (secondary N) is 1. The Hall–Kier alpha value is -2.08. The molecule has 1 aromatic carbocycles. The van der Waals surface area contributed by atoms with Crippen LogP contribution in [-0.4, -0.2) is 15.0 Å². The highest BCUT2D eigenvalue weighted by molar-refractivity contribution is 6.30. The molecule has 0 fully saturated rings. The first kappa shape index (κ1) is 12.9. The van der Waals surface area contributed by atoms with Gasteiger partial charge in [-0.25, -0.2) is 4.98 Å². The summed E-state index contributed by atoms with van der Waals surface area (Å²) >= 11 is 5.73.